The van der Waals surface area contributed by atoms with Crippen LogP contribution >= 0.6 is 0 Å². The number of nitrogens with zero attached hydrogens (tertiary/aromatic N) is 2. The zero-order valence-electron chi connectivity index (χ0n) is 16.0. The van der Waals surface area contributed by atoms with E-state index < -0.39 is 0 Å². The van der Waals surface area contributed by atoms with Crippen LogP contribution in [-0.4, -0.2) is 69.2 Å². The highest BCUT2D eigenvalue weighted by Gasteiger charge is 2.28. The summed E-state index contributed by atoms with van der Waals surface area (Å²) < 4.78 is 10.6. The number of nitrogens with one attached hydrogen (secondary N) is 1. The fraction of sp³-hybridized carbons (Fsp3) is 0.632. The first-order valence-electron chi connectivity index (χ1n) is 8.87. The van der Waals surface area contributed by atoms with Crippen molar-refractivity contribution in [1.29, 1.82) is 0 Å². The third kappa shape index (κ3) is 4.86. The van der Waals surface area contributed by atoms with Crippen LogP contribution in [0.15, 0.2) is 18.2 Å². The van der Waals surface area contributed by atoms with E-state index in [2.05, 4.69) is 10.2 Å². The van der Waals surface area contributed by atoms with E-state index in [1.165, 1.54) is 6.42 Å². The van der Waals surface area contributed by atoms with Crippen molar-refractivity contribution in [3.05, 3.63) is 23.8 Å². The van der Waals surface area contributed by atoms with Crippen LogP contribution in [0.5, 0.6) is 11.5 Å². The molecule has 1 amide bonds. The van der Waals surface area contributed by atoms with Crippen molar-refractivity contribution in [3.8, 4) is 11.5 Å². The molecule has 2 atom stereocenters. The second-order valence-corrected chi connectivity index (χ2v) is 6.68. The molecule has 0 saturated carbocycles. The number of amides is 1. The van der Waals surface area contributed by atoms with Gasteiger partial charge in [0.05, 0.1) is 20.3 Å². The Morgan fingerprint density at radius 3 is 2.72 bits per heavy atom. The van der Waals surface area contributed by atoms with Gasteiger partial charge in [-0.2, -0.15) is 0 Å². The molecule has 1 aliphatic heterocycles. The molecule has 1 fully saturated rings. The number of benzene rings is 1. The van der Waals surface area contributed by atoms with Gasteiger partial charge in [-0.3, -0.25) is 9.69 Å². The number of piperidine rings is 1. The lowest BCUT2D eigenvalue weighted by molar-refractivity contribution is -0.136. The summed E-state index contributed by atoms with van der Waals surface area (Å²) in [6.45, 7) is 4.46. The lowest BCUT2D eigenvalue weighted by Crippen LogP contribution is -2.52. The normalized spacial score (nSPS) is 19.3. The highest BCUT2D eigenvalue weighted by Crippen LogP contribution is 2.28. The summed E-state index contributed by atoms with van der Waals surface area (Å²) >= 11 is 0. The van der Waals surface area contributed by atoms with Crippen LogP contribution in [-0.2, 0) is 11.3 Å². The molecular formula is C19H31N3O3. The van der Waals surface area contributed by atoms with E-state index in [0.717, 1.165) is 25.1 Å². The number of carbonyl (C=O) groups is 1. The topological polar surface area (TPSA) is 54.0 Å². The van der Waals surface area contributed by atoms with Crippen LogP contribution in [0.4, 0.5) is 0 Å². The number of likely N-dealkylation sites (N-methyl/N-ethyl adjacent to an activating group) is 2. The minimum absolute atomic E-state index is 0.110. The molecule has 0 radical (unpaired) electrons. The Kier molecular flexibility index (Phi) is 7.08. The number of likely N-dealkylation sites (tertiary alicyclic amines) is 1. The summed E-state index contributed by atoms with van der Waals surface area (Å²) in [5.41, 5.74) is 1.02. The summed E-state index contributed by atoms with van der Waals surface area (Å²) in [5, 5.41) is 3.33. The third-order valence-corrected chi connectivity index (χ3v) is 5.01. The van der Waals surface area contributed by atoms with Crippen molar-refractivity contribution in [2.24, 2.45) is 0 Å². The molecule has 0 spiro atoms. The quantitative estimate of drug-likeness (QED) is 0.813. The Balaban J connectivity index is 1.99. The van der Waals surface area contributed by atoms with E-state index in [1.54, 1.807) is 19.1 Å². The lowest BCUT2D eigenvalue weighted by Gasteiger charge is -2.37. The van der Waals surface area contributed by atoms with Crippen LogP contribution < -0.4 is 14.8 Å². The van der Waals surface area contributed by atoms with E-state index in [-0.39, 0.29) is 11.9 Å². The van der Waals surface area contributed by atoms with Gasteiger partial charge in [0.2, 0.25) is 5.91 Å². The van der Waals surface area contributed by atoms with Crippen LogP contribution in [0.1, 0.15) is 25.3 Å². The van der Waals surface area contributed by atoms with Gasteiger partial charge in [-0.25, -0.2) is 0 Å². The number of carbonyl (C=O) groups excluding carboxylic acids is 1. The zero-order valence-corrected chi connectivity index (χ0v) is 16.0. The molecule has 6 nitrogen and oxygen atoms in total. The van der Waals surface area contributed by atoms with Gasteiger partial charge in [-0.1, -0.05) is 6.07 Å². The van der Waals surface area contributed by atoms with Crippen molar-refractivity contribution < 1.29 is 14.3 Å². The fourth-order valence-corrected chi connectivity index (χ4v) is 3.40. The zero-order chi connectivity index (χ0) is 18.4. The second-order valence-electron chi connectivity index (χ2n) is 6.68. The van der Waals surface area contributed by atoms with E-state index >= 15 is 0 Å². The molecule has 1 aliphatic rings. The largest absolute Gasteiger partial charge is 0.493 e. The van der Waals surface area contributed by atoms with Gasteiger partial charge in [-0.05, 0) is 51.1 Å². The minimum Gasteiger partial charge on any atom is -0.493 e. The van der Waals surface area contributed by atoms with Crippen molar-refractivity contribution >= 4 is 5.91 Å². The molecule has 140 valence electrons. The second kappa shape index (κ2) is 9.06. The summed E-state index contributed by atoms with van der Waals surface area (Å²) in [6, 6.07) is 6.12. The molecular weight excluding hydrogens is 318 g/mol. The Morgan fingerprint density at radius 1 is 1.36 bits per heavy atom. The SMILES string of the molecule is CNC1CCCN(C(C)C(=O)N(C)Cc2ccc(OC)c(OC)c2)C1. The maximum Gasteiger partial charge on any atom is 0.239 e. The molecule has 2 unspecified atom stereocenters. The third-order valence-electron chi connectivity index (χ3n) is 5.01. The van der Waals surface area contributed by atoms with Crippen LogP contribution in [0.3, 0.4) is 0 Å². The van der Waals surface area contributed by atoms with E-state index in [1.807, 2.05) is 39.2 Å². The molecule has 1 saturated heterocycles. The number of methoxy groups -OCH3 is 2. The Labute approximate surface area is 151 Å². The highest BCUT2D eigenvalue weighted by atomic mass is 16.5. The van der Waals surface area contributed by atoms with E-state index in [4.69, 9.17) is 9.47 Å². The molecule has 1 N–H and O–H groups in total. The van der Waals surface area contributed by atoms with Gasteiger partial charge in [0.15, 0.2) is 11.5 Å². The monoisotopic (exact) mass is 349 g/mol. The molecule has 0 bridgehead atoms. The van der Waals surface area contributed by atoms with Crippen LogP contribution in [0.25, 0.3) is 0 Å². The Bertz CT molecular complexity index is 579. The van der Waals surface area contributed by atoms with Crippen LogP contribution in [0.2, 0.25) is 0 Å². The summed E-state index contributed by atoms with van der Waals surface area (Å²) in [4.78, 5) is 16.9. The number of hydrogen-bond donors (Lipinski definition) is 1. The summed E-state index contributed by atoms with van der Waals surface area (Å²) in [7, 11) is 7.08. The predicted molar refractivity (Wildman–Crippen MR) is 99.1 cm³/mol. The number of hydrogen-bond acceptors (Lipinski definition) is 5. The maximum absolute atomic E-state index is 12.8. The average molecular weight is 349 g/mol. The van der Waals surface area contributed by atoms with Gasteiger partial charge in [-0.15, -0.1) is 0 Å². The average Bonchev–Trinajstić information content (AvgIpc) is 2.66. The smallest absolute Gasteiger partial charge is 0.239 e. The number of rotatable bonds is 7. The summed E-state index contributed by atoms with van der Waals surface area (Å²) in [6.07, 6.45) is 2.30. The first kappa shape index (κ1) is 19.5. The van der Waals surface area contributed by atoms with Crippen molar-refractivity contribution in [3.63, 3.8) is 0 Å². The van der Waals surface area contributed by atoms with Gasteiger partial charge in [0.1, 0.15) is 0 Å². The maximum atomic E-state index is 12.8. The first-order valence-corrected chi connectivity index (χ1v) is 8.87. The molecule has 1 heterocycles. The lowest BCUT2D eigenvalue weighted by atomic mass is 10.0. The van der Waals surface area contributed by atoms with E-state index in [0.29, 0.717) is 24.1 Å². The predicted octanol–water partition coefficient (Wildman–Crippen LogP) is 1.73. The molecule has 25 heavy (non-hydrogen) atoms. The number of ether oxygens (including phenoxy) is 2. The van der Waals surface area contributed by atoms with Gasteiger partial charge in [0, 0.05) is 26.2 Å². The molecule has 6 heteroatoms. The molecule has 1 aromatic carbocycles. The van der Waals surface area contributed by atoms with Gasteiger partial charge >= 0.3 is 0 Å². The van der Waals surface area contributed by atoms with Crippen molar-refractivity contribution in [2.45, 2.75) is 38.4 Å². The molecule has 0 aliphatic carbocycles. The molecule has 1 aromatic rings. The molecule has 2 rings (SSSR count). The Morgan fingerprint density at radius 2 is 2.08 bits per heavy atom. The van der Waals surface area contributed by atoms with Gasteiger partial charge < -0.3 is 19.7 Å². The van der Waals surface area contributed by atoms with Crippen molar-refractivity contribution in [1.82, 2.24) is 15.1 Å². The highest BCUT2D eigenvalue weighted by molar-refractivity contribution is 5.81. The van der Waals surface area contributed by atoms with Crippen molar-refractivity contribution in [2.75, 3.05) is 41.4 Å². The standard InChI is InChI=1S/C19H31N3O3/c1-14(22-10-6-7-16(13-22)20-2)19(23)21(3)12-15-8-9-17(24-4)18(11-15)25-5/h8-9,11,14,16,20H,6-7,10,12-13H2,1-5H3. The van der Waals surface area contributed by atoms with E-state index in [9.17, 15) is 4.79 Å². The minimum atomic E-state index is -0.110. The first-order chi connectivity index (χ1) is 12.0. The summed E-state index contributed by atoms with van der Waals surface area (Å²) in [5.74, 6) is 1.52. The van der Waals surface area contributed by atoms with Crippen LogP contribution in [0, 0.1) is 0 Å². The molecule has 0 aromatic heterocycles. The Hall–Kier alpha value is -1.79. The fourth-order valence-electron chi connectivity index (χ4n) is 3.40. The van der Waals surface area contributed by atoms with Gasteiger partial charge in [0.25, 0.3) is 0 Å².